The van der Waals surface area contributed by atoms with Crippen LogP contribution in [0.15, 0.2) is 18.2 Å². The minimum absolute atomic E-state index is 0.252. The van der Waals surface area contributed by atoms with Gasteiger partial charge in [0.2, 0.25) is 0 Å². The van der Waals surface area contributed by atoms with Crippen molar-refractivity contribution >= 4 is 39.1 Å². The molecule has 2 rings (SSSR count). The predicted octanol–water partition coefficient (Wildman–Crippen LogP) is 2.65. The molecule has 66 valence electrons. The van der Waals surface area contributed by atoms with Gasteiger partial charge in [-0.25, -0.2) is 9.78 Å². The number of thiazole rings is 1. The maximum atomic E-state index is 10.8. The van der Waals surface area contributed by atoms with Crippen LogP contribution in [0.1, 0.15) is 10.4 Å². The van der Waals surface area contributed by atoms with Gasteiger partial charge in [-0.15, -0.1) is 11.3 Å². The third-order valence-corrected chi connectivity index (χ3v) is 2.83. The van der Waals surface area contributed by atoms with Gasteiger partial charge in [0.25, 0.3) is 0 Å². The molecular weight excluding hydrogens is 210 g/mol. The van der Waals surface area contributed by atoms with Crippen LogP contribution in [0, 0.1) is 0 Å². The van der Waals surface area contributed by atoms with Crippen LogP contribution in [0.3, 0.4) is 0 Å². The SMILES string of the molecule is O=C(O)c1cccc2nc(Cl)sc12. The highest BCUT2D eigenvalue weighted by Crippen LogP contribution is 2.28. The van der Waals surface area contributed by atoms with Gasteiger partial charge >= 0.3 is 5.97 Å². The van der Waals surface area contributed by atoms with Crippen LogP contribution in [0.4, 0.5) is 0 Å². The highest BCUT2D eigenvalue weighted by atomic mass is 35.5. The summed E-state index contributed by atoms with van der Waals surface area (Å²) < 4.78 is 0.990. The molecule has 0 spiro atoms. The quantitative estimate of drug-likeness (QED) is 0.792. The van der Waals surface area contributed by atoms with Gasteiger partial charge in [-0.05, 0) is 12.1 Å². The summed E-state index contributed by atoms with van der Waals surface area (Å²) in [6.07, 6.45) is 0. The van der Waals surface area contributed by atoms with Crippen molar-refractivity contribution in [2.75, 3.05) is 0 Å². The number of aromatic nitrogens is 1. The number of aromatic carboxylic acids is 1. The fourth-order valence-corrected chi connectivity index (χ4v) is 2.21. The summed E-state index contributed by atoms with van der Waals surface area (Å²) in [6, 6.07) is 4.94. The zero-order valence-electron chi connectivity index (χ0n) is 6.32. The van der Waals surface area contributed by atoms with Crippen LogP contribution in [0.5, 0.6) is 0 Å². The summed E-state index contributed by atoms with van der Waals surface area (Å²) in [4.78, 5) is 14.7. The number of carboxylic acid groups (broad SMARTS) is 1. The topological polar surface area (TPSA) is 50.2 Å². The van der Waals surface area contributed by atoms with E-state index in [1.807, 2.05) is 0 Å². The Bertz CT molecular complexity index is 480. The van der Waals surface area contributed by atoms with Crippen molar-refractivity contribution in [3.05, 3.63) is 28.2 Å². The fourth-order valence-electron chi connectivity index (χ4n) is 1.09. The average Bonchev–Trinajstić information content (AvgIpc) is 2.43. The van der Waals surface area contributed by atoms with Gasteiger partial charge in [0, 0.05) is 0 Å². The average molecular weight is 214 g/mol. The van der Waals surface area contributed by atoms with E-state index in [2.05, 4.69) is 4.98 Å². The molecule has 0 aliphatic heterocycles. The smallest absolute Gasteiger partial charge is 0.337 e. The van der Waals surface area contributed by atoms with Crippen LogP contribution in [0.2, 0.25) is 4.47 Å². The predicted molar refractivity (Wildman–Crippen MR) is 51.6 cm³/mol. The molecule has 1 aromatic heterocycles. The lowest BCUT2D eigenvalue weighted by atomic mass is 10.2. The van der Waals surface area contributed by atoms with E-state index >= 15 is 0 Å². The molecule has 2 aromatic rings. The maximum Gasteiger partial charge on any atom is 0.337 e. The van der Waals surface area contributed by atoms with Crippen molar-refractivity contribution in [3.8, 4) is 0 Å². The molecule has 0 aliphatic carbocycles. The molecule has 1 aromatic carbocycles. The van der Waals surface area contributed by atoms with Gasteiger partial charge in [-0.2, -0.15) is 0 Å². The monoisotopic (exact) mass is 213 g/mol. The van der Waals surface area contributed by atoms with Crippen LogP contribution in [0.25, 0.3) is 10.2 Å². The first kappa shape index (κ1) is 8.47. The Hall–Kier alpha value is -1.13. The van der Waals surface area contributed by atoms with Crippen LogP contribution >= 0.6 is 22.9 Å². The van der Waals surface area contributed by atoms with E-state index in [4.69, 9.17) is 16.7 Å². The van der Waals surface area contributed by atoms with Crippen LogP contribution in [-0.2, 0) is 0 Å². The Morgan fingerprint density at radius 1 is 1.54 bits per heavy atom. The normalized spacial score (nSPS) is 10.5. The van der Waals surface area contributed by atoms with E-state index in [0.717, 1.165) is 0 Å². The van der Waals surface area contributed by atoms with Crippen LogP contribution < -0.4 is 0 Å². The second-order valence-corrected chi connectivity index (χ2v) is 4.01. The van der Waals surface area contributed by atoms with E-state index in [9.17, 15) is 4.79 Å². The second-order valence-electron chi connectivity index (χ2n) is 2.43. The van der Waals surface area contributed by atoms with E-state index in [0.29, 0.717) is 14.7 Å². The lowest BCUT2D eigenvalue weighted by molar-refractivity contribution is 0.0699. The number of benzene rings is 1. The molecule has 5 heteroatoms. The number of fused-ring (bicyclic) bond motifs is 1. The Morgan fingerprint density at radius 2 is 2.31 bits per heavy atom. The third kappa shape index (κ3) is 1.38. The van der Waals surface area contributed by atoms with Crippen molar-refractivity contribution in [2.24, 2.45) is 0 Å². The number of nitrogens with zero attached hydrogens (tertiary/aromatic N) is 1. The largest absolute Gasteiger partial charge is 0.478 e. The van der Waals surface area contributed by atoms with Crippen molar-refractivity contribution < 1.29 is 9.90 Å². The first-order valence-electron chi connectivity index (χ1n) is 3.47. The number of hydrogen-bond acceptors (Lipinski definition) is 3. The van der Waals surface area contributed by atoms with E-state index in [1.54, 1.807) is 18.2 Å². The highest BCUT2D eigenvalue weighted by molar-refractivity contribution is 7.22. The first-order valence-corrected chi connectivity index (χ1v) is 4.66. The van der Waals surface area contributed by atoms with Crippen molar-refractivity contribution in [1.82, 2.24) is 4.98 Å². The Balaban J connectivity index is 2.82. The van der Waals surface area contributed by atoms with Gasteiger partial charge in [-0.1, -0.05) is 17.7 Å². The zero-order valence-corrected chi connectivity index (χ0v) is 7.89. The van der Waals surface area contributed by atoms with Crippen molar-refractivity contribution in [3.63, 3.8) is 0 Å². The van der Waals surface area contributed by atoms with Gasteiger partial charge in [0.1, 0.15) is 0 Å². The van der Waals surface area contributed by atoms with E-state index in [1.165, 1.54) is 11.3 Å². The van der Waals surface area contributed by atoms with E-state index < -0.39 is 5.97 Å². The Kier molecular flexibility index (Phi) is 1.94. The molecule has 0 unspecified atom stereocenters. The molecule has 1 heterocycles. The number of rotatable bonds is 1. The molecule has 0 bridgehead atoms. The van der Waals surface area contributed by atoms with Crippen LogP contribution in [-0.4, -0.2) is 16.1 Å². The summed E-state index contributed by atoms with van der Waals surface area (Å²) in [7, 11) is 0. The molecule has 0 saturated carbocycles. The first-order chi connectivity index (χ1) is 6.18. The molecule has 0 amide bonds. The molecular formula is C8H4ClNO2S. The van der Waals surface area contributed by atoms with Crippen molar-refractivity contribution in [1.29, 1.82) is 0 Å². The van der Waals surface area contributed by atoms with E-state index in [-0.39, 0.29) is 5.56 Å². The third-order valence-electron chi connectivity index (χ3n) is 1.62. The minimum Gasteiger partial charge on any atom is -0.478 e. The highest BCUT2D eigenvalue weighted by Gasteiger charge is 2.11. The summed E-state index contributed by atoms with van der Waals surface area (Å²) in [5.74, 6) is -0.953. The molecule has 0 fully saturated rings. The number of carboxylic acids is 1. The van der Waals surface area contributed by atoms with Crippen molar-refractivity contribution in [2.45, 2.75) is 0 Å². The molecule has 0 aliphatic rings. The molecule has 13 heavy (non-hydrogen) atoms. The molecule has 1 N–H and O–H groups in total. The van der Waals surface area contributed by atoms with Gasteiger partial charge in [-0.3, -0.25) is 0 Å². The summed E-state index contributed by atoms with van der Waals surface area (Å²) in [5, 5.41) is 8.83. The standard InChI is InChI=1S/C8H4ClNO2S/c9-8-10-5-3-1-2-4(7(11)12)6(5)13-8/h1-3H,(H,11,12). The fraction of sp³-hybridized carbons (Fsp3) is 0. The second kappa shape index (κ2) is 2.97. The lowest BCUT2D eigenvalue weighted by Crippen LogP contribution is -1.95. The summed E-state index contributed by atoms with van der Waals surface area (Å²) in [6.45, 7) is 0. The summed E-state index contributed by atoms with van der Waals surface area (Å²) in [5.41, 5.74) is 0.886. The lowest BCUT2D eigenvalue weighted by Gasteiger charge is -1.93. The van der Waals surface area contributed by atoms with Gasteiger partial charge in [0.05, 0.1) is 15.8 Å². The minimum atomic E-state index is -0.953. The Labute approximate surface area is 82.6 Å². The maximum absolute atomic E-state index is 10.8. The van der Waals surface area contributed by atoms with Gasteiger partial charge < -0.3 is 5.11 Å². The number of hydrogen-bond donors (Lipinski definition) is 1. The molecule has 0 saturated heterocycles. The molecule has 0 radical (unpaired) electrons. The molecule has 0 atom stereocenters. The zero-order chi connectivity index (χ0) is 9.42. The van der Waals surface area contributed by atoms with Gasteiger partial charge in [0.15, 0.2) is 4.47 Å². The molecule has 3 nitrogen and oxygen atoms in total. The Morgan fingerprint density at radius 3 is 3.00 bits per heavy atom. The number of carbonyl (C=O) groups is 1. The summed E-state index contributed by atoms with van der Waals surface area (Å²) >= 11 is 6.85. The number of halogens is 1.